The number of carbonyl (C=O) groups excluding carboxylic acids is 1. The van der Waals surface area contributed by atoms with Gasteiger partial charge in [0.15, 0.2) is 0 Å². The van der Waals surface area contributed by atoms with Gasteiger partial charge in [-0.05, 0) is 46.0 Å². The molecule has 106 valence electrons. The molecule has 0 aromatic rings. The van der Waals surface area contributed by atoms with Crippen LogP contribution >= 0.6 is 0 Å². The molecule has 0 spiro atoms. The quantitative estimate of drug-likeness (QED) is 0.797. The van der Waals surface area contributed by atoms with Crippen molar-refractivity contribution in [1.82, 2.24) is 0 Å². The normalized spacial score (nSPS) is 25.6. The zero-order valence-corrected chi connectivity index (χ0v) is 11.3. The van der Waals surface area contributed by atoms with Crippen molar-refractivity contribution in [3.05, 3.63) is 0 Å². The Morgan fingerprint density at radius 2 is 2.11 bits per heavy atom. The molecule has 1 aliphatic rings. The second-order valence-electron chi connectivity index (χ2n) is 6.19. The van der Waals surface area contributed by atoms with Gasteiger partial charge in [0.05, 0.1) is 0 Å². The average Bonchev–Trinajstić information content (AvgIpc) is 2.12. The second kappa shape index (κ2) is 5.51. The van der Waals surface area contributed by atoms with Crippen molar-refractivity contribution in [2.45, 2.75) is 70.4 Å². The first-order valence-electron chi connectivity index (χ1n) is 6.45. The minimum absolute atomic E-state index is 0.0504. The highest BCUT2D eigenvalue weighted by Crippen LogP contribution is 2.38. The topological polar surface area (TPSA) is 52.3 Å². The molecule has 2 unspecified atom stereocenters. The maximum atomic E-state index is 13.2. The van der Waals surface area contributed by atoms with E-state index in [2.05, 4.69) is 0 Å². The summed E-state index contributed by atoms with van der Waals surface area (Å²) in [5.74, 6) is -3.29. The smallest absolute Gasteiger partial charge is 0.323 e. The third-order valence-corrected chi connectivity index (χ3v) is 3.04. The van der Waals surface area contributed by atoms with E-state index in [1.807, 2.05) is 0 Å². The van der Waals surface area contributed by atoms with Crippen molar-refractivity contribution in [3.63, 3.8) is 0 Å². The van der Waals surface area contributed by atoms with E-state index in [0.717, 1.165) is 0 Å². The summed E-state index contributed by atoms with van der Waals surface area (Å²) in [7, 11) is 0. The molecule has 0 radical (unpaired) electrons. The van der Waals surface area contributed by atoms with Crippen molar-refractivity contribution < 1.29 is 18.3 Å². The van der Waals surface area contributed by atoms with E-state index >= 15 is 0 Å². The molecular weight excluding hydrogens is 240 g/mol. The van der Waals surface area contributed by atoms with Crippen LogP contribution in [0.25, 0.3) is 0 Å². The van der Waals surface area contributed by atoms with Crippen LogP contribution in [0.15, 0.2) is 0 Å². The predicted molar refractivity (Wildman–Crippen MR) is 65.3 cm³/mol. The second-order valence-corrected chi connectivity index (χ2v) is 6.19. The predicted octanol–water partition coefficient (Wildman–Crippen LogP) is 2.87. The largest absolute Gasteiger partial charge is 0.459 e. The Hall–Kier alpha value is -0.710. The maximum Gasteiger partial charge on any atom is 0.323 e. The molecule has 0 aromatic carbocycles. The first-order valence-corrected chi connectivity index (χ1v) is 6.45. The van der Waals surface area contributed by atoms with Crippen LogP contribution in [0.4, 0.5) is 8.78 Å². The number of esters is 1. The Bertz CT molecular complexity index is 300. The van der Waals surface area contributed by atoms with Crippen molar-refractivity contribution >= 4 is 5.97 Å². The van der Waals surface area contributed by atoms with Crippen LogP contribution in [0, 0.1) is 5.92 Å². The van der Waals surface area contributed by atoms with E-state index in [1.165, 1.54) is 0 Å². The molecule has 0 bridgehead atoms. The summed E-state index contributed by atoms with van der Waals surface area (Å²) in [6.45, 7) is 5.27. The molecule has 1 fully saturated rings. The number of halogens is 2. The fourth-order valence-electron chi connectivity index (χ4n) is 2.31. The maximum absolute atomic E-state index is 13.2. The van der Waals surface area contributed by atoms with E-state index < -0.39 is 23.5 Å². The molecule has 0 aliphatic heterocycles. The fraction of sp³-hybridized carbons (Fsp3) is 0.923. The number of carbonyl (C=O) groups is 1. The van der Waals surface area contributed by atoms with E-state index in [9.17, 15) is 13.6 Å². The minimum Gasteiger partial charge on any atom is -0.459 e. The van der Waals surface area contributed by atoms with Gasteiger partial charge in [0.25, 0.3) is 0 Å². The average molecular weight is 263 g/mol. The van der Waals surface area contributed by atoms with Crippen molar-refractivity contribution in [2.75, 3.05) is 0 Å². The van der Waals surface area contributed by atoms with Gasteiger partial charge < -0.3 is 10.5 Å². The number of nitrogens with two attached hydrogens (primary N) is 1. The Balaban J connectivity index is 2.44. The lowest BCUT2D eigenvalue weighted by molar-refractivity contribution is -0.157. The molecule has 0 heterocycles. The number of ether oxygens (including phenoxy) is 1. The third-order valence-electron chi connectivity index (χ3n) is 3.04. The van der Waals surface area contributed by atoms with Crippen LogP contribution in [0.5, 0.6) is 0 Å². The lowest BCUT2D eigenvalue weighted by Gasteiger charge is -2.30. The molecule has 2 atom stereocenters. The van der Waals surface area contributed by atoms with E-state index in [-0.39, 0.29) is 25.2 Å². The van der Waals surface area contributed by atoms with Crippen LogP contribution in [-0.2, 0) is 9.53 Å². The standard InChI is InChI=1S/C13H23F2NO2/c1-12(2,3)18-11(17)10(16)7-9-5-4-6-13(14,15)8-9/h9-10H,4-8,16H2,1-3H3. The SMILES string of the molecule is CC(C)(C)OC(=O)C(N)CC1CCCC(F)(F)C1. The Labute approximate surface area is 107 Å². The summed E-state index contributed by atoms with van der Waals surface area (Å²) in [5, 5.41) is 0. The Morgan fingerprint density at radius 1 is 1.50 bits per heavy atom. The lowest BCUT2D eigenvalue weighted by Crippen LogP contribution is -2.40. The van der Waals surface area contributed by atoms with E-state index in [4.69, 9.17) is 10.5 Å². The van der Waals surface area contributed by atoms with Gasteiger partial charge in [0.2, 0.25) is 5.92 Å². The van der Waals surface area contributed by atoms with Crippen LogP contribution < -0.4 is 5.73 Å². The monoisotopic (exact) mass is 263 g/mol. The molecule has 18 heavy (non-hydrogen) atoms. The number of hydrogen-bond donors (Lipinski definition) is 1. The molecule has 0 amide bonds. The highest BCUT2D eigenvalue weighted by Gasteiger charge is 2.37. The van der Waals surface area contributed by atoms with Crippen LogP contribution in [0.3, 0.4) is 0 Å². The number of alkyl halides is 2. The molecule has 1 saturated carbocycles. The molecular formula is C13H23F2NO2. The summed E-state index contributed by atoms with van der Waals surface area (Å²) < 4.78 is 31.6. The zero-order valence-electron chi connectivity index (χ0n) is 11.3. The van der Waals surface area contributed by atoms with E-state index in [0.29, 0.717) is 12.8 Å². The van der Waals surface area contributed by atoms with Crippen LogP contribution in [-0.4, -0.2) is 23.5 Å². The minimum atomic E-state index is -2.60. The summed E-state index contributed by atoms with van der Waals surface area (Å²) >= 11 is 0. The Kier molecular flexibility index (Phi) is 4.70. The van der Waals surface area contributed by atoms with Gasteiger partial charge in [-0.2, -0.15) is 0 Å². The fourth-order valence-corrected chi connectivity index (χ4v) is 2.31. The first-order chi connectivity index (χ1) is 8.09. The van der Waals surface area contributed by atoms with Crippen molar-refractivity contribution in [2.24, 2.45) is 11.7 Å². The third kappa shape index (κ3) is 5.29. The first kappa shape index (κ1) is 15.3. The molecule has 1 rings (SSSR count). The van der Waals surface area contributed by atoms with Crippen LogP contribution in [0.2, 0.25) is 0 Å². The van der Waals surface area contributed by atoms with Crippen molar-refractivity contribution in [3.8, 4) is 0 Å². The van der Waals surface area contributed by atoms with Gasteiger partial charge in [-0.25, -0.2) is 8.78 Å². The van der Waals surface area contributed by atoms with Gasteiger partial charge in [0, 0.05) is 12.8 Å². The molecule has 0 saturated heterocycles. The number of rotatable bonds is 3. The van der Waals surface area contributed by atoms with Gasteiger partial charge in [-0.15, -0.1) is 0 Å². The van der Waals surface area contributed by atoms with Gasteiger partial charge in [0.1, 0.15) is 11.6 Å². The van der Waals surface area contributed by atoms with Gasteiger partial charge in [-0.1, -0.05) is 0 Å². The summed E-state index contributed by atoms with van der Waals surface area (Å²) in [4.78, 5) is 11.7. The van der Waals surface area contributed by atoms with Gasteiger partial charge in [-0.3, -0.25) is 4.79 Å². The number of hydrogen-bond acceptors (Lipinski definition) is 3. The zero-order chi connectivity index (χ0) is 14.0. The summed E-state index contributed by atoms with van der Waals surface area (Å²) in [6.07, 6.45) is 1.28. The summed E-state index contributed by atoms with van der Waals surface area (Å²) in [5.41, 5.74) is 5.13. The molecule has 2 N–H and O–H groups in total. The summed E-state index contributed by atoms with van der Waals surface area (Å²) in [6, 6.07) is -0.803. The Morgan fingerprint density at radius 3 is 2.61 bits per heavy atom. The van der Waals surface area contributed by atoms with Crippen molar-refractivity contribution in [1.29, 1.82) is 0 Å². The highest BCUT2D eigenvalue weighted by atomic mass is 19.3. The molecule has 3 nitrogen and oxygen atoms in total. The molecule has 1 aliphatic carbocycles. The highest BCUT2D eigenvalue weighted by molar-refractivity contribution is 5.75. The van der Waals surface area contributed by atoms with Gasteiger partial charge >= 0.3 is 5.97 Å². The molecule has 5 heteroatoms. The van der Waals surface area contributed by atoms with Crippen LogP contribution in [0.1, 0.15) is 52.9 Å². The lowest BCUT2D eigenvalue weighted by atomic mass is 9.83. The molecule has 0 aromatic heterocycles. The van der Waals surface area contributed by atoms with E-state index in [1.54, 1.807) is 20.8 Å².